The van der Waals surface area contributed by atoms with Crippen LogP contribution in [0, 0.1) is 17.8 Å². The largest absolute Gasteiger partial charge is 0.445 e. The Morgan fingerprint density at radius 2 is 1.47 bits per heavy atom. The van der Waals surface area contributed by atoms with Crippen LogP contribution < -0.4 is 10.6 Å². The van der Waals surface area contributed by atoms with E-state index in [1.807, 2.05) is 95.0 Å². The van der Waals surface area contributed by atoms with Crippen molar-refractivity contribution < 1.29 is 33.4 Å². The van der Waals surface area contributed by atoms with Crippen molar-refractivity contribution in [1.29, 1.82) is 0 Å². The molecule has 12 nitrogen and oxygen atoms in total. The number of thioether (sulfide) groups is 1. The third-order valence-corrected chi connectivity index (χ3v) is 13.0. The van der Waals surface area contributed by atoms with Crippen molar-refractivity contribution in [3.8, 4) is 0 Å². The first kappa shape index (κ1) is 50.3. The summed E-state index contributed by atoms with van der Waals surface area (Å²) in [6, 6.07) is 17.0. The smallest absolute Gasteiger partial charge is 0.410 e. The second kappa shape index (κ2) is 25.0. The third kappa shape index (κ3) is 14.8. The first-order valence-corrected chi connectivity index (χ1v) is 22.7. The minimum Gasteiger partial charge on any atom is -0.445 e. The van der Waals surface area contributed by atoms with E-state index in [0.29, 0.717) is 19.5 Å². The van der Waals surface area contributed by atoms with Crippen LogP contribution in [0.1, 0.15) is 98.6 Å². The molecule has 1 aliphatic heterocycles. The van der Waals surface area contributed by atoms with Gasteiger partial charge in [0.15, 0.2) is 0 Å². The second-order valence-electron chi connectivity index (χ2n) is 17.2. The van der Waals surface area contributed by atoms with E-state index in [2.05, 4.69) is 36.6 Å². The highest BCUT2D eigenvalue weighted by Gasteiger charge is 2.42. The lowest BCUT2D eigenvalue weighted by molar-refractivity contribution is -0.146. The summed E-state index contributed by atoms with van der Waals surface area (Å²) in [5.41, 5.74) is 2.00. The summed E-state index contributed by atoms with van der Waals surface area (Å²) in [4.78, 5) is 74.1. The number of benzene rings is 2. The van der Waals surface area contributed by atoms with Crippen LogP contribution in [0.4, 0.5) is 4.79 Å². The molecule has 2 N–H and O–H groups in total. The molecule has 2 aromatic rings. The fraction of sp³-hybridized carbons (Fsp3) is 0.638. The fourth-order valence-electron chi connectivity index (χ4n) is 8.21. The number of nitrogens with one attached hydrogen (secondary N) is 2. The molecule has 0 bridgehead atoms. The van der Waals surface area contributed by atoms with Gasteiger partial charge in [-0.2, -0.15) is 11.8 Å². The molecule has 2 aromatic carbocycles. The zero-order valence-electron chi connectivity index (χ0n) is 38.0. The minimum atomic E-state index is -0.909. The molecule has 1 saturated heterocycles. The standard InChI is InChI=1S/C47H73N5O7S/c1-12-34(8)44(50(9)46(56)42(31(2)3)49-45(55)43(32(4)5)51(10)47(57)59-30-36-22-17-14-18-23-36)38(58-11)28-41(54)52-27-19-24-37(52)39(60-33(6)7)29-40(53)48-26-25-35-20-15-13-16-21-35/h13-18,20-23,31-34,37-39,42-44H,12,19,24-30H2,1-11H3,(H,48,53)(H,49,55). The molecule has 1 heterocycles. The Kier molecular flexibility index (Phi) is 20.9. The van der Waals surface area contributed by atoms with Crippen molar-refractivity contribution >= 4 is 41.5 Å². The predicted molar refractivity (Wildman–Crippen MR) is 240 cm³/mol. The molecule has 60 heavy (non-hydrogen) atoms. The Morgan fingerprint density at radius 1 is 0.850 bits per heavy atom. The van der Waals surface area contributed by atoms with Gasteiger partial charge in [0.1, 0.15) is 18.7 Å². The summed E-state index contributed by atoms with van der Waals surface area (Å²) in [5, 5.41) is 6.28. The van der Waals surface area contributed by atoms with E-state index in [0.717, 1.165) is 31.2 Å². The van der Waals surface area contributed by atoms with Crippen LogP contribution in [0.3, 0.4) is 0 Å². The summed E-state index contributed by atoms with van der Waals surface area (Å²) >= 11 is 1.74. The quantitative estimate of drug-likeness (QED) is 0.123. The third-order valence-electron chi connectivity index (χ3n) is 11.6. The van der Waals surface area contributed by atoms with E-state index in [-0.39, 0.29) is 65.0 Å². The first-order valence-electron chi connectivity index (χ1n) is 21.8. The summed E-state index contributed by atoms with van der Waals surface area (Å²) in [5.74, 6) is -1.46. The number of carbonyl (C=O) groups excluding carboxylic acids is 5. The van der Waals surface area contributed by atoms with Crippen molar-refractivity contribution in [3.63, 3.8) is 0 Å². The van der Waals surface area contributed by atoms with E-state index >= 15 is 0 Å². The molecule has 7 atom stereocenters. The number of likely N-dealkylation sites (tertiary alicyclic amines) is 1. The summed E-state index contributed by atoms with van der Waals surface area (Å²) in [6.45, 7) is 17.0. The van der Waals surface area contributed by atoms with Crippen molar-refractivity contribution in [2.24, 2.45) is 17.8 Å². The molecule has 0 saturated carbocycles. The molecule has 1 fully saturated rings. The maximum Gasteiger partial charge on any atom is 0.410 e. The molecule has 5 amide bonds. The monoisotopic (exact) mass is 852 g/mol. The molecule has 334 valence electrons. The number of likely N-dealkylation sites (N-methyl/N-ethyl adjacent to an activating group) is 2. The van der Waals surface area contributed by atoms with Gasteiger partial charge in [-0.05, 0) is 53.4 Å². The van der Waals surface area contributed by atoms with Gasteiger partial charge in [0, 0.05) is 52.0 Å². The van der Waals surface area contributed by atoms with Crippen LogP contribution in [0.2, 0.25) is 0 Å². The molecule has 0 aliphatic carbocycles. The number of carbonyl (C=O) groups is 5. The van der Waals surface area contributed by atoms with Crippen LogP contribution in [0.15, 0.2) is 60.7 Å². The fourth-order valence-corrected chi connectivity index (χ4v) is 9.62. The average molecular weight is 852 g/mol. The van der Waals surface area contributed by atoms with E-state index in [9.17, 15) is 24.0 Å². The molecule has 3 rings (SSSR count). The van der Waals surface area contributed by atoms with Crippen molar-refractivity contribution in [1.82, 2.24) is 25.3 Å². The van der Waals surface area contributed by atoms with E-state index in [1.165, 1.54) is 17.5 Å². The Bertz CT molecular complexity index is 1640. The normalized spacial score (nSPS) is 17.1. The summed E-state index contributed by atoms with van der Waals surface area (Å²) in [7, 11) is 4.83. The first-order chi connectivity index (χ1) is 28.5. The van der Waals surface area contributed by atoms with Gasteiger partial charge in [0.2, 0.25) is 23.6 Å². The van der Waals surface area contributed by atoms with E-state index < -0.39 is 36.2 Å². The van der Waals surface area contributed by atoms with Crippen molar-refractivity contribution in [2.45, 2.75) is 141 Å². The highest BCUT2D eigenvalue weighted by molar-refractivity contribution is 8.00. The highest BCUT2D eigenvalue weighted by atomic mass is 32.2. The number of ether oxygens (including phenoxy) is 2. The second-order valence-corrected chi connectivity index (χ2v) is 19.0. The lowest BCUT2D eigenvalue weighted by Gasteiger charge is -2.41. The number of nitrogens with zero attached hydrogens (tertiary/aromatic N) is 3. The van der Waals surface area contributed by atoms with Crippen molar-refractivity contribution in [3.05, 3.63) is 71.8 Å². The maximum absolute atomic E-state index is 14.5. The minimum absolute atomic E-state index is 0.0173. The number of rotatable bonds is 23. The van der Waals surface area contributed by atoms with Gasteiger partial charge in [0.25, 0.3) is 0 Å². The van der Waals surface area contributed by atoms with Gasteiger partial charge in [0.05, 0.1) is 18.6 Å². The number of amides is 5. The maximum atomic E-state index is 14.5. The van der Waals surface area contributed by atoms with Crippen LogP contribution >= 0.6 is 11.8 Å². The van der Waals surface area contributed by atoms with Crippen molar-refractivity contribution in [2.75, 3.05) is 34.3 Å². The topological polar surface area (TPSA) is 138 Å². The zero-order chi connectivity index (χ0) is 44.5. The zero-order valence-corrected chi connectivity index (χ0v) is 38.8. The summed E-state index contributed by atoms with van der Waals surface area (Å²) in [6.07, 6.45) is 2.24. The van der Waals surface area contributed by atoms with E-state index in [1.54, 1.807) is 30.8 Å². The molecule has 0 aromatic heterocycles. The van der Waals surface area contributed by atoms with Gasteiger partial charge in [-0.3, -0.25) is 24.1 Å². The Morgan fingerprint density at radius 3 is 2.02 bits per heavy atom. The van der Waals surface area contributed by atoms with Gasteiger partial charge in [-0.15, -0.1) is 0 Å². The SMILES string of the molecule is CCC(C)C(C(CC(=O)N1CCCC1C(CC(=O)NCCc1ccccc1)SC(C)C)OC)N(C)C(=O)C(NC(=O)C(C(C)C)N(C)C(=O)OCc1ccccc1)C(C)C. The molecule has 1 aliphatic rings. The van der Waals surface area contributed by atoms with Crippen LogP contribution in [0.5, 0.6) is 0 Å². The van der Waals surface area contributed by atoms with Crippen LogP contribution in [-0.2, 0) is 41.7 Å². The number of hydrogen-bond acceptors (Lipinski definition) is 8. The average Bonchev–Trinajstić information content (AvgIpc) is 3.72. The predicted octanol–water partition coefficient (Wildman–Crippen LogP) is 6.95. The Hall–Kier alpha value is -4.10. The molecule has 13 heteroatoms. The van der Waals surface area contributed by atoms with Crippen LogP contribution in [0.25, 0.3) is 0 Å². The van der Waals surface area contributed by atoms with Gasteiger partial charge in [-0.25, -0.2) is 4.79 Å². The van der Waals surface area contributed by atoms with E-state index in [4.69, 9.17) is 9.47 Å². The Labute approximate surface area is 364 Å². The number of methoxy groups -OCH3 is 1. The van der Waals surface area contributed by atoms with Gasteiger partial charge >= 0.3 is 6.09 Å². The molecule has 0 radical (unpaired) electrons. The highest BCUT2D eigenvalue weighted by Crippen LogP contribution is 2.34. The molecular formula is C47H73N5O7S. The number of hydrogen-bond donors (Lipinski definition) is 2. The van der Waals surface area contributed by atoms with Crippen LogP contribution in [-0.4, -0.2) is 119 Å². The van der Waals surface area contributed by atoms with Gasteiger partial charge < -0.3 is 29.9 Å². The molecular weight excluding hydrogens is 779 g/mol. The Balaban J connectivity index is 1.74. The summed E-state index contributed by atoms with van der Waals surface area (Å²) < 4.78 is 11.6. The molecule has 0 spiro atoms. The molecule has 7 unspecified atom stereocenters. The lowest BCUT2D eigenvalue weighted by Crippen LogP contribution is -2.60. The lowest BCUT2D eigenvalue weighted by atomic mass is 9.89. The van der Waals surface area contributed by atoms with Gasteiger partial charge in [-0.1, -0.05) is 122 Å².